The Morgan fingerprint density at radius 2 is 1.95 bits per heavy atom. The summed E-state index contributed by atoms with van der Waals surface area (Å²) in [6.45, 7) is 0. The highest BCUT2D eigenvalue weighted by Gasteiger charge is 2.32. The van der Waals surface area contributed by atoms with E-state index in [4.69, 9.17) is 11.6 Å². The van der Waals surface area contributed by atoms with Gasteiger partial charge in [-0.1, -0.05) is 11.6 Å². The Morgan fingerprint density at radius 1 is 1.30 bits per heavy atom. The van der Waals surface area contributed by atoms with Gasteiger partial charge in [0.1, 0.15) is 5.69 Å². The summed E-state index contributed by atoms with van der Waals surface area (Å²) in [5.41, 5.74) is -2.71. The lowest BCUT2D eigenvalue weighted by atomic mass is 10.3. The van der Waals surface area contributed by atoms with Crippen LogP contribution in [-0.2, 0) is 6.18 Å². The van der Waals surface area contributed by atoms with Crippen molar-refractivity contribution in [2.24, 2.45) is 0 Å². The zero-order valence-electron chi connectivity index (χ0n) is 9.38. The smallest absolute Gasteiger partial charge is 0.288 e. The molecular formula is C10H5ClF5N3O. The fourth-order valence-corrected chi connectivity index (χ4v) is 1.68. The van der Waals surface area contributed by atoms with Crippen LogP contribution >= 0.6 is 11.6 Å². The first-order valence-electron chi connectivity index (χ1n) is 5.03. The van der Waals surface area contributed by atoms with Crippen LogP contribution in [-0.4, -0.2) is 14.8 Å². The predicted octanol–water partition coefficient (Wildman–Crippen LogP) is 3.17. The van der Waals surface area contributed by atoms with Crippen molar-refractivity contribution in [2.45, 2.75) is 12.6 Å². The van der Waals surface area contributed by atoms with Gasteiger partial charge in [-0.05, 0) is 6.07 Å². The molecule has 0 aliphatic rings. The van der Waals surface area contributed by atoms with E-state index in [2.05, 4.69) is 4.98 Å². The third kappa shape index (κ3) is 2.67. The summed E-state index contributed by atoms with van der Waals surface area (Å²) in [5.74, 6) is -0.392. The first-order valence-corrected chi connectivity index (χ1v) is 5.41. The molecule has 0 saturated heterocycles. The van der Waals surface area contributed by atoms with Crippen molar-refractivity contribution in [1.82, 2.24) is 14.8 Å². The van der Waals surface area contributed by atoms with E-state index in [-0.39, 0.29) is 0 Å². The van der Waals surface area contributed by atoms with E-state index < -0.39 is 40.3 Å². The van der Waals surface area contributed by atoms with Crippen molar-refractivity contribution < 1.29 is 22.0 Å². The number of aromatic amines is 1. The van der Waals surface area contributed by atoms with Crippen LogP contribution in [0.5, 0.6) is 0 Å². The maximum Gasteiger partial charge on any atom is 0.417 e. The Hall–Kier alpha value is -1.90. The molecule has 0 radical (unpaired) electrons. The van der Waals surface area contributed by atoms with Crippen molar-refractivity contribution >= 4 is 11.6 Å². The molecule has 0 atom stereocenters. The molecule has 0 bridgehead atoms. The number of pyridine rings is 1. The van der Waals surface area contributed by atoms with Gasteiger partial charge in [-0.15, -0.1) is 0 Å². The molecule has 0 fully saturated rings. The number of rotatable bonds is 2. The number of hydrogen-bond acceptors (Lipinski definition) is 2. The summed E-state index contributed by atoms with van der Waals surface area (Å²) < 4.78 is 62.6. The number of H-pyrrole nitrogens is 1. The van der Waals surface area contributed by atoms with Crippen molar-refractivity contribution in [3.63, 3.8) is 0 Å². The van der Waals surface area contributed by atoms with Crippen LogP contribution in [0.25, 0.3) is 5.82 Å². The summed E-state index contributed by atoms with van der Waals surface area (Å²) in [6.07, 6.45) is -7.13. The molecule has 20 heavy (non-hydrogen) atoms. The molecule has 108 valence electrons. The maximum atomic E-state index is 12.4. The SMILES string of the molecule is O=c1cc(C(F)F)[nH]n1-c1ncc(C(F)(F)F)cc1Cl. The highest BCUT2D eigenvalue weighted by Crippen LogP contribution is 2.31. The van der Waals surface area contributed by atoms with Crippen molar-refractivity contribution in [3.8, 4) is 5.82 Å². The minimum atomic E-state index is -4.65. The molecule has 2 heterocycles. The van der Waals surface area contributed by atoms with Crippen LogP contribution < -0.4 is 5.56 Å². The molecule has 2 aromatic heterocycles. The molecule has 2 rings (SSSR count). The zero-order valence-corrected chi connectivity index (χ0v) is 10.1. The van der Waals surface area contributed by atoms with Gasteiger partial charge >= 0.3 is 6.18 Å². The molecule has 0 aliphatic carbocycles. The van der Waals surface area contributed by atoms with Crippen molar-refractivity contribution in [1.29, 1.82) is 0 Å². The van der Waals surface area contributed by atoms with Crippen LogP contribution in [0.2, 0.25) is 5.02 Å². The molecule has 0 amide bonds. The summed E-state index contributed by atoms with van der Waals surface area (Å²) >= 11 is 5.60. The first-order chi connectivity index (χ1) is 9.20. The molecule has 4 nitrogen and oxygen atoms in total. The quantitative estimate of drug-likeness (QED) is 0.866. The van der Waals surface area contributed by atoms with Gasteiger partial charge in [0.15, 0.2) is 5.82 Å². The monoisotopic (exact) mass is 313 g/mol. The first kappa shape index (κ1) is 14.5. The molecule has 0 aliphatic heterocycles. The van der Waals surface area contributed by atoms with Gasteiger partial charge in [0, 0.05) is 12.3 Å². The Labute approximate surface area is 112 Å². The fourth-order valence-electron chi connectivity index (χ4n) is 1.43. The Kier molecular flexibility index (Phi) is 3.55. The van der Waals surface area contributed by atoms with Crippen LogP contribution in [0.4, 0.5) is 22.0 Å². The number of hydrogen-bond donors (Lipinski definition) is 1. The van der Waals surface area contributed by atoms with Gasteiger partial charge in [0.25, 0.3) is 12.0 Å². The lowest BCUT2D eigenvalue weighted by Gasteiger charge is -2.09. The summed E-state index contributed by atoms with van der Waals surface area (Å²) in [5, 5.41) is 1.53. The largest absolute Gasteiger partial charge is 0.417 e. The normalized spacial score (nSPS) is 12.2. The van der Waals surface area contributed by atoms with E-state index in [1.807, 2.05) is 5.10 Å². The second-order valence-corrected chi connectivity index (χ2v) is 4.12. The molecule has 0 unspecified atom stereocenters. The van der Waals surface area contributed by atoms with E-state index in [9.17, 15) is 26.7 Å². The number of aromatic nitrogens is 3. The molecular weight excluding hydrogens is 309 g/mol. The average molecular weight is 314 g/mol. The van der Waals surface area contributed by atoms with Crippen LogP contribution in [0.3, 0.4) is 0 Å². The predicted molar refractivity (Wildman–Crippen MR) is 59.2 cm³/mol. The number of nitrogens with zero attached hydrogens (tertiary/aromatic N) is 2. The second-order valence-electron chi connectivity index (χ2n) is 3.71. The Balaban J connectivity index is 2.52. The molecule has 0 aromatic carbocycles. The average Bonchev–Trinajstić information content (AvgIpc) is 2.70. The third-order valence-electron chi connectivity index (χ3n) is 2.34. The summed E-state index contributed by atoms with van der Waals surface area (Å²) in [6, 6.07) is 1.17. The highest BCUT2D eigenvalue weighted by molar-refractivity contribution is 6.32. The fraction of sp³-hybridized carbons (Fsp3) is 0.200. The summed E-state index contributed by atoms with van der Waals surface area (Å²) in [7, 11) is 0. The Bertz CT molecular complexity index is 691. The Morgan fingerprint density at radius 3 is 2.40 bits per heavy atom. The van der Waals surface area contributed by atoms with E-state index in [0.29, 0.717) is 23.0 Å². The maximum absolute atomic E-state index is 12.4. The van der Waals surface area contributed by atoms with Gasteiger partial charge in [0.2, 0.25) is 0 Å². The molecule has 0 spiro atoms. The van der Waals surface area contributed by atoms with Crippen LogP contribution in [0.1, 0.15) is 17.7 Å². The molecule has 2 aromatic rings. The van der Waals surface area contributed by atoms with E-state index in [1.165, 1.54) is 0 Å². The van der Waals surface area contributed by atoms with E-state index in [1.54, 1.807) is 0 Å². The van der Waals surface area contributed by atoms with Gasteiger partial charge < -0.3 is 0 Å². The number of halogens is 6. The van der Waals surface area contributed by atoms with Crippen LogP contribution in [0, 0.1) is 0 Å². The van der Waals surface area contributed by atoms with Gasteiger partial charge in [0.05, 0.1) is 10.6 Å². The van der Waals surface area contributed by atoms with Gasteiger partial charge in [-0.2, -0.15) is 17.9 Å². The van der Waals surface area contributed by atoms with Crippen LogP contribution in [0.15, 0.2) is 23.1 Å². The number of alkyl halides is 5. The van der Waals surface area contributed by atoms with E-state index >= 15 is 0 Å². The third-order valence-corrected chi connectivity index (χ3v) is 2.61. The van der Waals surface area contributed by atoms with Gasteiger partial charge in [-0.25, -0.2) is 13.8 Å². The van der Waals surface area contributed by atoms with Crippen molar-refractivity contribution in [2.75, 3.05) is 0 Å². The molecule has 0 saturated carbocycles. The molecule has 1 N–H and O–H groups in total. The number of nitrogens with one attached hydrogen (secondary N) is 1. The van der Waals surface area contributed by atoms with Crippen molar-refractivity contribution in [3.05, 3.63) is 45.0 Å². The minimum Gasteiger partial charge on any atom is -0.288 e. The lowest BCUT2D eigenvalue weighted by molar-refractivity contribution is -0.137. The van der Waals surface area contributed by atoms with Gasteiger partial charge in [-0.3, -0.25) is 9.89 Å². The second kappa shape index (κ2) is 4.89. The zero-order chi connectivity index (χ0) is 15.1. The molecule has 10 heteroatoms. The standard InChI is InChI=1S/C10H5ClF5N3O/c11-5-1-4(10(14,15)16)3-17-9(5)19-7(20)2-6(18-19)8(12)13/h1-3,8,18H. The summed E-state index contributed by atoms with van der Waals surface area (Å²) in [4.78, 5) is 14.8. The lowest BCUT2D eigenvalue weighted by Crippen LogP contribution is -2.16. The minimum absolute atomic E-state index is 0.392. The topological polar surface area (TPSA) is 50.7 Å². The van der Waals surface area contributed by atoms with E-state index in [0.717, 1.165) is 0 Å². The highest BCUT2D eigenvalue weighted by atomic mass is 35.5.